The van der Waals surface area contributed by atoms with Gasteiger partial charge in [-0.1, -0.05) is 23.7 Å². The fourth-order valence-electron chi connectivity index (χ4n) is 1.72. The Morgan fingerprint density at radius 3 is 2.52 bits per heavy atom. The molecule has 1 amide bonds. The zero-order valence-electron chi connectivity index (χ0n) is 11.7. The lowest BCUT2D eigenvalue weighted by Crippen LogP contribution is -2.28. The number of nitrogens with one attached hydrogen (secondary N) is 1. The Labute approximate surface area is 138 Å². The number of rotatable bonds is 4. The van der Waals surface area contributed by atoms with E-state index in [4.69, 9.17) is 16.9 Å². The largest absolute Gasteiger partial charge is 0.269 e. The first-order valence-electron chi connectivity index (χ1n) is 6.41. The van der Waals surface area contributed by atoms with Crippen LogP contribution in [0.4, 0.5) is 0 Å². The summed E-state index contributed by atoms with van der Waals surface area (Å²) in [5.41, 5.74) is 1.06. The number of carbonyl (C=O) groups excluding carboxylic acids is 1. The van der Waals surface area contributed by atoms with Crippen molar-refractivity contribution in [1.29, 1.82) is 5.26 Å². The third-order valence-corrected chi connectivity index (χ3v) is 4.42. The van der Waals surface area contributed by atoms with E-state index in [1.54, 1.807) is 24.3 Å². The van der Waals surface area contributed by atoms with Gasteiger partial charge in [0.2, 0.25) is 0 Å². The molecule has 0 aliphatic heterocycles. The average molecular weight is 347 g/mol. The molecule has 0 spiro atoms. The van der Waals surface area contributed by atoms with Gasteiger partial charge in [0.1, 0.15) is 0 Å². The maximum absolute atomic E-state index is 12.0. The maximum atomic E-state index is 12.0. The van der Waals surface area contributed by atoms with Crippen molar-refractivity contribution in [1.82, 2.24) is 4.72 Å². The highest BCUT2D eigenvalue weighted by molar-refractivity contribution is 7.90. The lowest BCUT2D eigenvalue weighted by Gasteiger charge is -2.04. The molecule has 0 fully saturated rings. The van der Waals surface area contributed by atoms with Crippen LogP contribution in [-0.4, -0.2) is 14.3 Å². The molecule has 5 nitrogen and oxygen atoms in total. The van der Waals surface area contributed by atoms with E-state index in [1.807, 2.05) is 10.8 Å². The molecule has 0 atom stereocenters. The van der Waals surface area contributed by atoms with Gasteiger partial charge < -0.3 is 0 Å². The Morgan fingerprint density at radius 1 is 1.17 bits per heavy atom. The summed E-state index contributed by atoms with van der Waals surface area (Å²) in [5, 5.41) is 9.19. The van der Waals surface area contributed by atoms with Crippen molar-refractivity contribution in [3.63, 3.8) is 0 Å². The zero-order chi connectivity index (χ0) is 16.9. The van der Waals surface area contributed by atoms with E-state index in [2.05, 4.69) is 0 Å². The van der Waals surface area contributed by atoms with Gasteiger partial charge in [-0.25, -0.2) is 13.1 Å². The molecule has 2 aromatic carbocycles. The third kappa shape index (κ3) is 4.68. The Morgan fingerprint density at radius 2 is 1.87 bits per heavy atom. The normalized spacial score (nSPS) is 11.1. The first-order valence-corrected chi connectivity index (χ1v) is 8.27. The van der Waals surface area contributed by atoms with Gasteiger partial charge in [0.25, 0.3) is 15.9 Å². The first-order chi connectivity index (χ1) is 10.9. The molecule has 7 heteroatoms. The Hall–Kier alpha value is -2.62. The summed E-state index contributed by atoms with van der Waals surface area (Å²) in [6.45, 7) is 0. The number of nitrogens with zero attached hydrogens (tertiary/aromatic N) is 1. The molecule has 2 rings (SSSR count). The number of hydrogen-bond acceptors (Lipinski definition) is 4. The molecule has 0 heterocycles. The van der Waals surface area contributed by atoms with E-state index in [9.17, 15) is 13.2 Å². The minimum atomic E-state index is -3.96. The van der Waals surface area contributed by atoms with Gasteiger partial charge in [-0.3, -0.25) is 4.79 Å². The first kappa shape index (κ1) is 16.7. The van der Waals surface area contributed by atoms with Gasteiger partial charge >= 0.3 is 0 Å². The molecule has 116 valence electrons. The molecular weight excluding hydrogens is 336 g/mol. The highest BCUT2D eigenvalue weighted by Gasteiger charge is 2.15. The van der Waals surface area contributed by atoms with Crippen LogP contribution in [0.2, 0.25) is 5.02 Å². The van der Waals surface area contributed by atoms with Crippen molar-refractivity contribution in [2.75, 3.05) is 0 Å². The molecule has 0 aromatic heterocycles. The Bertz CT molecular complexity index is 898. The van der Waals surface area contributed by atoms with E-state index < -0.39 is 15.9 Å². The quantitative estimate of drug-likeness (QED) is 0.862. The predicted octanol–water partition coefficient (Wildman–Crippen LogP) is 2.73. The molecule has 0 saturated carbocycles. The summed E-state index contributed by atoms with van der Waals surface area (Å²) in [6.07, 6.45) is 2.51. The number of halogens is 1. The van der Waals surface area contributed by atoms with Crippen LogP contribution in [0.15, 0.2) is 59.5 Å². The second-order valence-electron chi connectivity index (χ2n) is 4.49. The maximum Gasteiger partial charge on any atom is 0.264 e. The van der Waals surface area contributed by atoms with Gasteiger partial charge in [0, 0.05) is 11.1 Å². The Kier molecular flexibility index (Phi) is 5.16. The van der Waals surface area contributed by atoms with Gasteiger partial charge in [0.05, 0.1) is 16.5 Å². The van der Waals surface area contributed by atoms with E-state index in [0.717, 1.165) is 6.08 Å². The summed E-state index contributed by atoms with van der Waals surface area (Å²) in [4.78, 5) is 11.7. The van der Waals surface area contributed by atoms with Crippen LogP contribution in [0.3, 0.4) is 0 Å². The fraction of sp³-hybridized carbons (Fsp3) is 0. The number of amides is 1. The van der Waals surface area contributed by atoms with E-state index >= 15 is 0 Å². The van der Waals surface area contributed by atoms with Crippen LogP contribution in [0, 0.1) is 11.3 Å². The summed E-state index contributed by atoms with van der Waals surface area (Å²) in [7, 11) is -3.96. The third-order valence-electron chi connectivity index (χ3n) is 2.80. The van der Waals surface area contributed by atoms with E-state index in [1.165, 1.54) is 30.3 Å². The van der Waals surface area contributed by atoms with Crippen LogP contribution in [0.5, 0.6) is 0 Å². The lowest BCUT2D eigenvalue weighted by atomic mass is 10.1. The molecule has 0 bridgehead atoms. The smallest absolute Gasteiger partial charge is 0.264 e. The highest BCUT2D eigenvalue weighted by atomic mass is 35.5. The minimum Gasteiger partial charge on any atom is -0.269 e. The van der Waals surface area contributed by atoms with E-state index in [0.29, 0.717) is 16.1 Å². The number of nitriles is 1. The second kappa shape index (κ2) is 7.09. The second-order valence-corrected chi connectivity index (χ2v) is 6.61. The molecule has 23 heavy (non-hydrogen) atoms. The number of hydrogen-bond donors (Lipinski definition) is 1. The van der Waals surface area contributed by atoms with Crippen molar-refractivity contribution in [2.45, 2.75) is 4.90 Å². The number of sulfonamides is 1. The molecule has 0 radical (unpaired) electrons. The highest BCUT2D eigenvalue weighted by Crippen LogP contribution is 2.14. The van der Waals surface area contributed by atoms with Crippen molar-refractivity contribution in [3.05, 3.63) is 70.8 Å². The lowest BCUT2D eigenvalue weighted by molar-refractivity contribution is -0.114. The Balaban J connectivity index is 2.10. The molecular formula is C16H11ClN2O3S. The van der Waals surface area contributed by atoms with Gasteiger partial charge in [-0.05, 0) is 48.0 Å². The number of benzene rings is 2. The minimum absolute atomic E-state index is 0.0601. The molecule has 2 aromatic rings. The average Bonchev–Trinajstić information content (AvgIpc) is 2.53. The van der Waals surface area contributed by atoms with Crippen LogP contribution >= 0.6 is 11.6 Å². The SMILES string of the molecule is N#Cc1cccc(/C=C/C(=O)NS(=O)(=O)c2ccc(Cl)cc2)c1. The molecule has 0 aliphatic rings. The predicted molar refractivity (Wildman–Crippen MR) is 87.0 cm³/mol. The van der Waals surface area contributed by atoms with Crippen LogP contribution in [0.1, 0.15) is 11.1 Å². The molecule has 0 unspecified atom stereocenters. The van der Waals surface area contributed by atoms with Crippen LogP contribution in [0.25, 0.3) is 6.08 Å². The van der Waals surface area contributed by atoms with Gasteiger partial charge in [-0.2, -0.15) is 5.26 Å². The van der Waals surface area contributed by atoms with Crippen LogP contribution in [-0.2, 0) is 14.8 Å². The molecule has 0 saturated heterocycles. The fourth-order valence-corrected chi connectivity index (χ4v) is 2.79. The van der Waals surface area contributed by atoms with Crippen molar-refractivity contribution >= 4 is 33.6 Å². The van der Waals surface area contributed by atoms with Crippen molar-refractivity contribution in [2.24, 2.45) is 0 Å². The molecule has 1 N–H and O–H groups in total. The van der Waals surface area contributed by atoms with Gasteiger partial charge in [-0.15, -0.1) is 0 Å². The van der Waals surface area contributed by atoms with Crippen LogP contribution < -0.4 is 4.72 Å². The number of carbonyl (C=O) groups is 1. The van der Waals surface area contributed by atoms with Gasteiger partial charge in [0.15, 0.2) is 0 Å². The summed E-state index contributed by atoms with van der Waals surface area (Å²) in [6, 6.07) is 14.0. The summed E-state index contributed by atoms with van der Waals surface area (Å²) < 4.78 is 26.0. The monoisotopic (exact) mass is 346 g/mol. The zero-order valence-corrected chi connectivity index (χ0v) is 13.3. The van der Waals surface area contributed by atoms with E-state index in [-0.39, 0.29) is 4.90 Å². The molecule has 0 aliphatic carbocycles. The summed E-state index contributed by atoms with van der Waals surface area (Å²) in [5.74, 6) is -0.790. The summed E-state index contributed by atoms with van der Waals surface area (Å²) >= 11 is 5.69. The van der Waals surface area contributed by atoms with Crippen molar-refractivity contribution < 1.29 is 13.2 Å². The standard InChI is InChI=1S/C16H11ClN2O3S/c17-14-5-7-15(8-6-14)23(21,22)19-16(20)9-4-12-2-1-3-13(10-12)11-18/h1-10H,(H,19,20)/b9-4+. The van der Waals surface area contributed by atoms with Crippen molar-refractivity contribution in [3.8, 4) is 6.07 Å². The topological polar surface area (TPSA) is 87.0 Å².